The Hall–Kier alpha value is -2.22. The van der Waals surface area contributed by atoms with Gasteiger partial charge in [-0.2, -0.15) is 0 Å². The van der Waals surface area contributed by atoms with Crippen LogP contribution >= 0.6 is 0 Å². The average Bonchev–Trinajstić information content (AvgIpc) is 3.11. The molecule has 152 valence electrons. The van der Waals surface area contributed by atoms with Gasteiger partial charge in [-0.1, -0.05) is 0 Å². The Morgan fingerprint density at radius 3 is 2.36 bits per heavy atom. The van der Waals surface area contributed by atoms with E-state index in [0.717, 1.165) is 32.1 Å². The number of carbonyl (C=O) groups excluding carboxylic acids is 2. The molecule has 1 saturated heterocycles. The standard InChI is InChI=1S/C20H28N4O4/c1-27-19(26)14-9-21-20(22-10-14)23-11-17-8-13(12-28-17)18(25)24(15-4-2-5-15)16-6-3-7-16/h9-10,13,15-17H,2-8,11-12H2,1H3,(H,21,22,23)/t13-,17-/m0/s1. The van der Waals surface area contributed by atoms with Crippen molar-refractivity contribution < 1.29 is 19.1 Å². The van der Waals surface area contributed by atoms with Crippen LogP contribution in [0.3, 0.4) is 0 Å². The highest BCUT2D eigenvalue weighted by Gasteiger charge is 2.41. The number of carbonyl (C=O) groups is 2. The van der Waals surface area contributed by atoms with E-state index in [1.54, 1.807) is 0 Å². The Kier molecular flexibility index (Phi) is 5.75. The van der Waals surface area contributed by atoms with Crippen LogP contribution in [-0.2, 0) is 14.3 Å². The fraction of sp³-hybridized carbons (Fsp3) is 0.700. The van der Waals surface area contributed by atoms with Crippen LogP contribution in [0.5, 0.6) is 0 Å². The van der Waals surface area contributed by atoms with Gasteiger partial charge in [0.2, 0.25) is 11.9 Å². The molecule has 0 unspecified atom stereocenters. The first kappa shape index (κ1) is 19.1. The molecule has 1 amide bonds. The van der Waals surface area contributed by atoms with Crippen LogP contribution in [0.1, 0.15) is 55.3 Å². The van der Waals surface area contributed by atoms with Gasteiger partial charge in [0.25, 0.3) is 0 Å². The molecule has 1 aromatic heterocycles. The zero-order valence-electron chi connectivity index (χ0n) is 16.3. The van der Waals surface area contributed by atoms with E-state index in [1.807, 2.05) is 0 Å². The van der Waals surface area contributed by atoms with Gasteiger partial charge in [-0.25, -0.2) is 14.8 Å². The number of nitrogens with zero attached hydrogens (tertiary/aromatic N) is 3. The van der Waals surface area contributed by atoms with Gasteiger partial charge in [-0.15, -0.1) is 0 Å². The van der Waals surface area contributed by atoms with Crippen molar-refractivity contribution in [2.75, 3.05) is 25.6 Å². The molecule has 4 rings (SSSR count). The molecule has 3 aliphatic rings. The third-order valence-corrected chi connectivity index (χ3v) is 6.18. The summed E-state index contributed by atoms with van der Waals surface area (Å²) in [6, 6.07) is 0.911. The van der Waals surface area contributed by atoms with Crippen LogP contribution in [0.4, 0.5) is 5.95 Å². The van der Waals surface area contributed by atoms with Crippen molar-refractivity contribution in [1.29, 1.82) is 0 Å². The minimum Gasteiger partial charge on any atom is -0.465 e. The number of nitrogens with one attached hydrogen (secondary N) is 1. The normalized spacial score (nSPS) is 24.9. The van der Waals surface area contributed by atoms with Gasteiger partial charge < -0.3 is 19.7 Å². The maximum absolute atomic E-state index is 13.1. The van der Waals surface area contributed by atoms with E-state index in [9.17, 15) is 9.59 Å². The smallest absolute Gasteiger partial charge is 0.341 e. The molecule has 8 heteroatoms. The number of hydrogen-bond acceptors (Lipinski definition) is 7. The van der Waals surface area contributed by atoms with Crippen molar-refractivity contribution in [3.63, 3.8) is 0 Å². The number of aromatic nitrogens is 2. The van der Waals surface area contributed by atoms with Crippen LogP contribution in [0.15, 0.2) is 12.4 Å². The summed E-state index contributed by atoms with van der Waals surface area (Å²) in [4.78, 5) is 35.0. The lowest BCUT2D eigenvalue weighted by atomic mass is 9.83. The number of hydrogen-bond donors (Lipinski definition) is 1. The fourth-order valence-corrected chi connectivity index (χ4v) is 4.07. The molecule has 1 aliphatic heterocycles. The lowest BCUT2D eigenvalue weighted by molar-refractivity contribution is -0.145. The molecule has 0 radical (unpaired) electrons. The predicted molar refractivity (Wildman–Crippen MR) is 102 cm³/mol. The molecule has 28 heavy (non-hydrogen) atoms. The summed E-state index contributed by atoms with van der Waals surface area (Å²) >= 11 is 0. The molecule has 2 saturated carbocycles. The second-order valence-electron chi connectivity index (χ2n) is 7.97. The van der Waals surface area contributed by atoms with Crippen LogP contribution in [0.25, 0.3) is 0 Å². The van der Waals surface area contributed by atoms with Crippen molar-refractivity contribution >= 4 is 17.8 Å². The van der Waals surface area contributed by atoms with Crippen molar-refractivity contribution in [2.45, 2.75) is 63.1 Å². The van der Waals surface area contributed by atoms with Crippen LogP contribution in [0, 0.1) is 5.92 Å². The van der Waals surface area contributed by atoms with Gasteiger partial charge in [0.05, 0.1) is 31.3 Å². The molecule has 1 N–H and O–H groups in total. The van der Waals surface area contributed by atoms with Crippen molar-refractivity contribution in [2.24, 2.45) is 5.92 Å². The molecule has 0 aromatic carbocycles. The summed E-state index contributed by atoms with van der Waals surface area (Å²) in [5, 5.41) is 3.13. The minimum absolute atomic E-state index is 0.0394. The Morgan fingerprint density at radius 2 is 1.82 bits per heavy atom. The summed E-state index contributed by atoms with van der Waals surface area (Å²) in [5.41, 5.74) is 0.308. The van der Waals surface area contributed by atoms with E-state index >= 15 is 0 Å². The van der Waals surface area contributed by atoms with Crippen molar-refractivity contribution in [3.05, 3.63) is 18.0 Å². The quantitative estimate of drug-likeness (QED) is 0.714. The summed E-state index contributed by atoms with van der Waals surface area (Å²) in [7, 11) is 1.32. The van der Waals surface area contributed by atoms with E-state index in [0.29, 0.717) is 36.7 Å². The zero-order chi connectivity index (χ0) is 19.5. The van der Waals surface area contributed by atoms with Gasteiger partial charge in [0, 0.05) is 31.0 Å². The molecule has 2 atom stereocenters. The number of methoxy groups -OCH3 is 1. The maximum Gasteiger partial charge on any atom is 0.341 e. The van der Waals surface area contributed by atoms with E-state index in [-0.39, 0.29) is 17.9 Å². The number of esters is 1. The largest absolute Gasteiger partial charge is 0.465 e. The third kappa shape index (κ3) is 3.97. The second kappa shape index (κ2) is 8.43. The van der Waals surface area contributed by atoms with Crippen LogP contribution in [0.2, 0.25) is 0 Å². The first-order valence-electron chi connectivity index (χ1n) is 10.2. The lowest BCUT2D eigenvalue weighted by Gasteiger charge is -2.47. The highest BCUT2D eigenvalue weighted by molar-refractivity contribution is 5.88. The van der Waals surface area contributed by atoms with Crippen LogP contribution in [-0.4, -0.2) is 65.2 Å². The van der Waals surface area contributed by atoms with Crippen LogP contribution < -0.4 is 5.32 Å². The molecular weight excluding hydrogens is 360 g/mol. The molecule has 0 spiro atoms. The Balaban J connectivity index is 1.27. The molecule has 8 nitrogen and oxygen atoms in total. The average molecular weight is 388 g/mol. The van der Waals surface area contributed by atoms with E-state index in [2.05, 4.69) is 24.9 Å². The number of amides is 1. The summed E-state index contributed by atoms with van der Waals surface area (Å²) in [6.07, 6.45) is 10.6. The molecule has 2 heterocycles. The number of rotatable bonds is 7. The van der Waals surface area contributed by atoms with Gasteiger partial charge in [0.1, 0.15) is 0 Å². The Labute approximate surface area is 165 Å². The van der Waals surface area contributed by atoms with Crippen molar-refractivity contribution in [3.8, 4) is 0 Å². The highest BCUT2D eigenvalue weighted by Crippen LogP contribution is 2.36. The first-order valence-corrected chi connectivity index (χ1v) is 10.2. The first-order chi connectivity index (χ1) is 13.7. The van der Waals surface area contributed by atoms with Gasteiger partial charge in [0.15, 0.2) is 0 Å². The van der Waals surface area contributed by atoms with Crippen molar-refractivity contribution in [1.82, 2.24) is 14.9 Å². The summed E-state index contributed by atoms with van der Waals surface area (Å²) in [5.74, 6) is 0.206. The lowest BCUT2D eigenvalue weighted by Crippen LogP contribution is -2.54. The van der Waals surface area contributed by atoms with Gasteiger partial charge >= 0.3 is 5.97 Å². The monoisotopic (exact) mass is 388 g/mol. The zero-order valence-corrected chi connectivity index (χ0v) is 16.3. The molecule has 0 bridgehead atoms. The predicted octanol–water partition coefficient (Wildman–Crippen LogP) is 2.01. The maximum atomic E-state index is 13.1. The highest BCUT2D eigenvalue weighted by atomic mass is 16.5. The van der Waals surface area contributed by atoms with E-state index in [1.165, 1.54) is 32.3 Å². The molecule has 3 fully saturated rings. The summed E-state index contributed by atoms with van der Waals surface area (Å²) < 4.78 is 10.5. The van der Waals surface area contributed by atoms with E-state index < -0.39 is 5.97 Å². The van der Waals surface area contributed by atoms with E-state index in [4.69, 9.17) is 4.74 Å². The topological polar surface area (TPSA) is 93.6 Å². The minimum atomic E-state index is -0.463. The number of ether oxygens (including phenoxy) is 2. The number of anilines is 1. The Morgan fingerprint density at radius 1 is 1.18 bits per heavy atom. The molecule has 2 aliphatic carbocycles. The fourth-order valence-electron chi connectivity index (χ4n) is 4.07. The summed E-state index contributed by atoms with van der Waals surface area (Å²) in [6.45, 7) is 1.03. The van der Waals surface area contributed by atoms with Gasteiger partial charge in [-0.05, 0) is 44.9 Å². The van der Waals surface area contributed by atoms with Gasteiger partial charge in [-0.3, -0.25) is 4.79 Å². The Bertz CT molecular complexity index is 689. The SMILES string of the molecule is COC(=O)c1cnc(NC[C@@H]2C[C@H](C(=O)N(C3CCC3)C3CCC3)CO2)nc1. The second-order valence-corrected chi connectivity index (χ2v) is 7.97. The molecular formula is C20H28N4O4. The third-order valence-electron chi connectivity index (χ3n) is 6.18. The molecule has 1 aromatic rings.